The van der Waals surface area contributed by atoms with Gasteiger partial charge in [0.1, 0.15) is 0 Å². The van der Waals surface area contributed by atoms with Crippen LogP contribution in [0.25, 0.3) is 0 Å². The first-order valence-corrected chi connectivity index (χ1v) is 5.90. The van der Waals surface area contributed by atoms with Crippen molar-refractivity contribution in [1.29, 1.82) is 10.5 Å². The topological polar surface area (TPSA) is 79.9 Å². The van der Waals surface area contributed by atoms with E-state index in [0.29, 0.717) is 32.5 Å². The highest BCUT2D eigenvalue weighted by Gasteiger charge is 2.19. The SMILES string of the molecule is CCNCC(C)C(=O)N(CCC#N)CCC#N. The first kappa shape index (κ1) is 15.4. The smallest absolute Gasteiger partial charge is 0.226 e. The van der Waals surface area contributed by atoms with Gasteiger partial charge in [0.05, 0.1) is 25.0 Å². The van der Waals surface area contributed by atoms with E-state index in [1.165, 1.54) is 0 Å². The highest BCUT2D eigenvalue weighted by Crippen LogP contribution is 2.04. The Bertz CT molecular complexity index is 285. The summed E-state index contributed by atoms with van der Waals surface area (Å²) in [6, 6.07) is 4.04. The van der Waals surface area contributed by atoms with Gasteiger partial charge in [0.25, 0.3) is 0 Å². The molecule has 94 valence electrons. The molecule has 0 aliphatic carbocycles. The van der Waals surface area contributed by atoms with E-state index in [-0.39, 0.29) is 11.8 Å². The number of carbonyl (C=O) groups is 1. The van der Waals surface area contributed by atoms with Crippen LogP contribution in [-0.2, 0) is 4.79 Å². The molecule has 1 unspecified atom stereocenters. The van der Waals surface area contributed by atoms with Crippen molar-refractivity contribution in [1.82, 2.24) is 10.2 Å². The van der Waals surface area contributed by atoms with Crippen LogP contribution in [0.15, 0.2) is 0 Å². The Labute approximate surface area is 103 Å². The minimum Gasteiger partial charge on any atom is -0.340 e. The van der Waals surface area contributed by atoms with Gasteiger partial charge in [-0.15, -0.1) is 0 Å². The molecule has 0 fully saturated rings. The average Bonchev–Trinajstić information content (AvgIpc) is 2.35. The summed E-state index contributed by atoms with van der Waals surface area (Å²) in [6.45, 7) is 6.12. The lowest BCUT2D eigenvalue weighted by Gasteiger charge is -2.24. The summed E-state index contributed by atoms with van der Waals surface area (Å²) < 4.78 is 0. The molecule has 0 saturated heterocycles. The quantitative estimate of drug-likeness (QED) is 0.678. The van der Waals surface area contributed by atoms with Gasteiger partial charge in [-0.2, -0.15) is 10.5 Å². The second kappa shape index (κ2) is 9.62. The van der Waals surface area contributed by atoms with Gasteiger partial charge in [-0.05, 0) is 6.54 Å². The van der Waals surface area contributed by atoms with Gasteiger partial charge in [-0.3, -0.25) is 4.79 Å². The van der Waals surface area contributed by atoms with E-state index in [1.54, 1.807) is 4.90 Å². The Kier molecular flexibility index (Phi) is 8.72. The summed E-state index contributed by atoms with van der Waals surface area (Å²) in [7, 11) is 0. The number of nitrogens with one attached hydrogen (secondary N) is 1. The lowest BCUT2D eigenvalue weighted by Crippen LogP contribution is -2.40. The zero-order chi connectivity index (χ0) is 13.1. The van der Waals surface area contributed by atoms with Crippen LogP contribution in [0.3, 0.4) is 0 Å². The predicted molar refractivity (Wildman–Crippen MR) is 64.7 cm³/mol. The van der Waals surface area contributed by atoms with Crippen molar-refractivity contribution in [3.63, 3.8) is 0 Å². The molecule has 0 radical (unpaired) electrons. The molecule has 17 heavy (non-hydrogen) atoms. The minimum absolute atomic E-state index is 0.0106. The number of rotatable bonds is 8. The number of carbonyl (C=O) groups excluding carboxylic acids is 1. The summed E-state index contributed by atoms with van der Waals surface area (Å²) >= 11 is 0. The number of hydrogen-bond donors (Lipinski definition) is 1. The third-order valence-electron chi connectivity index (χ3n) is 2.42. The third kappa shape index (κ3) is 6.55. The van der Waals surface area contributed by atoms with E-state index in [9.17, 15) is 4.79 Å². The number of hydrogen-bond acceptors (Lipinski definition) is 4. The van der Waals surface area contributed by atoms with Crippen LogP contribution < -0.4 is 5.32 Å². The van der Waals surface area contributed by atoms with E-state index in [2.05, 4.69) is 5.32 Å². The summed E-state index contributed by atoms with van der Waals surface area (Å²) in [5, 5.41) is 20.2. The van der Waals surface area contributed by atoms with Gasteiger partial charge in [0.15, 0.2) is 0 Å². The Hall–Kier alpha value is -1.59. The maximum absolute atomic E-state index is 12.0. The summed E-state index contributed by atoms with van der Waals surface area (Å²) in [5.41, 5.74) is 0. The first-order valence-electron chi connectivity index (χ1n) is 5.90. The minimum atomic E-state index is -0.118. The van der Waals surface area contributed by atoms with Crippen LogP contribution in [0.2, 0.25) is 0 Å². The van der Waals surface area contributed by atoms with E-state index < -0.39 is 0 Å². The molecule has 1 N–H and O–H groups in total. The normalized spacial score (nSPS) is 11.3. The molecule has 5 heteroatoms. The lowest BCUT2D eigenvalue weighted by molar-refractivity contribution is -0.134. The maximum Gasteiger partial charge on any atom is 0.226 e. The van der Waals surface area contributed by atoms with Gasteiger partial charge in [-0.1, -0.05) is 13.8 Å². The highest BCUT2D eigenvalue weighted by molar-refractivity contribution is 5.78. The largest absolute Gasteiger partial charge is 0.340 e. The molecule has 0 aromatic rings. The maximum atomic E-state index is 12.0. The molecule has 0 heterocycles. The molecule has 0 bridgehead atoms. The fourth-order valence-electron chi connectivity index (χ4n) is 1.46. The van der Waals surface area contributed by atoms with E-state index in [4.69, 9.17) is 10.5 Å². The Balaban J connectivity index is 4.30. The van der Waals surface area contributed by atoms with Crippen LogP contribution in [0.1, 0.15) is 26.7 Å². The van der Waals surface area contributed by atoms with Gasteiger partial charge in [-0.25, -0.2) is 0 Å². The fraction of sp³-hybridized carbons (Fsp3) is 0.750. The van der Waals surface area contributed by atoms with Crippen LogP contribution >= 0.6 is 0 Å². The molecule has 0 rings (SSSR count). The van der Waals surface area contributed by atoms with Crippen molar-refractivity contribution in [2.75, 3.05) is 26.2 Å². The van der Waals surface area contributed by atoms with Crippen molar-refractivity contribution < 1.29 is 4.79 Å². The fourth-order valence-corrected chi connectivity index (χ4v) is 1.46. The monoisotopic (exact) mass is 236 g/mol. The highest BCUT2D eigenvalue weighted by atomic mass is 16.2. The van der Waals surface area contributed by atoms with Crippen LogP contribution in [0, 0.1) is 28.6 Å². The second-order valence-electron chi connectivity index (χ2n) is 3.85. The van der Waals surface area contributed by atoms with Crippen LogP contribution in [0.4, 0.5) is 0 Å². The van der Waals surface area contributed by atoms with Crippen LogP contribution in [-0.4, -0.2) is 37.0 Å². The number of amides is 1. The predicted octanol–water partition coefficient (Wildman–Crippen LogP) is 0.888. The van der Waals surface area contributed by atoms with Crippen molar-refractivity contribution >= 4 is 5.91 Å². The van der Waals surface area contributed by atoms with Gasteiger partial charge in [0, 0.05) is 25.6 Å². The standard InChI is InChI=1S/C12H20N4O/c1-3-15-10-11(2)12(17)16(8-4-6-13)9-5-7-14/h11,15H,3-5,8-10H2,1-2H3. The molecule has 0 spiro atoms. The second-order valence-corrected chi connectivity index (χ2v) is 3.85. The summed E-state index contributed by atoms with van der Waals surface area (Å²) in [6.07, 6.45) is 0.621. The molecular formula is C12H20N4O. The molecule has 0 aliphatic heterocycles. The molecule has 5 nitrogen and oxygen atoms in total. The zero-order valence-electron chi connectivity index (χ0n) is 10.6. The Morgan fingerprint density at radius 3 is 2.24 bits per heavy atom. The average molecular weight is 236 g/mol. The first-order chi connectivity index (χ1) is 8.17. The van der Waals surface area contributed by atoms with Crippen molar-refractivity contribution in [3.05, 3.63) is 0 Å². The van der Waals surface area contributed by atoms with Crippen molar-refractivity contribution in [3.8, 4) is 12.1 Å². The van der Waals surface area contributed by atoms with E-state index >= 15 is 0 Å². The zero-order valence-corrected chi connectivity index (χ0v) is 10.6. The van der Waals surface area contributed by atoms with Gasteiger partial charge in [0.2, 0.25) is 5.91 Å². The van der Waals surface area contributed by atoms with E-state index in [1.807, 2.05) is 26.0 Å². The lowest BCUT2D eigenvalue weighted by atomic mass is 10.1. The molecule has 0 aliphatic rings. The third-order valence-corrected chi connectivity index (χ3v) is 2.42. The summed E-state index contributed by atoms with van der Waals surface area (Å²) in [5.74, 6) is -0.108. The Morgan fingerprint density at radius 2 is 1.82 bits per heavy atom. The number of nitriles is 2. The van der Waals surface area contributed by atoms with Crippen LogP contribution in [0.5, 0.6) is 0 Å². The molecule has 0 saturated carbocycles. The van der Waals surface area contributed by atoms with Gasteiger partial charge < -0.3 is 10.2 Å². The number of nitrogens with zero attached hydrogens (tertiary/aromatic N) is 3. The molecule has 1 atom stereocenters. The Morgan fingerprint density at radius 1 is 1.29 bits per heavy atom. The van der Waals surface area contributed by atoms with E-state index in [0.717, 1.165) is 6.54 Å². The van der Waals surface area contributed by atoms with Crippen molar-refractivity contribution in [2.45, 2.75) is 26.7 Å². The summed E-state index contributed by atoms with van der Waals surface area (Å²) in [4.78, 5) is 13.6. The molecule has 1 amide bonds. The molecule has 0 aromatic heterocycles. The van der Waals surface area contributed by atoms with Gasteiger partial charge >= 0.3 is 0 Å². The molecular weight excluding hydrogens is 216 g/mol. The van der Waals surface area contributed by atoms with Crippen molar-refractivity contribution in [2.24, 2.45) is 5.92 Å². The molecule has 0 aromatic carbocycles.